The number of allylic oxidation sites excluding steroid dienone is 2. The highest BCUT2D eigenvalue weighted by Crippen LogP contribution is 2.54. The highest BCUT2D eigenvalue weighted by Gasteiger charge is 2.47. The van der Waals surface area contributed by atoms with Crippen LogP contribution in [0.25, 0.3) is 0 Å². The Morgan fingerprint density at radius 1 is 0.652 bits per heavy atom. The van der Waals surface area contributed by atoms with Gasteiger partial charge in [0, 0.05) is 0 Å². The first kappa shape index (κ1) is 17.2. The number of hydrogen-bond acceptors (Lipinski definition) is 3. The molecule has 4 atom stereocenters. The van der Waals surface area contributed by atoms with Gasteiger partial charge in [-0.25, -0.2) is 0 Å². The fourth-order valence-electron chi connectivity index (χ4n) is 5.23. The molecule has 0 amide bonds. The second-order valence-electron chi connectivity index (χ2n) is 8.14. The van der Waals surface area contributed by atoms with Crippen molar-refractivity contribution < 1.29 is 15.3 Å². The lowest BCUT2D eigenvalue weighted by Crippen LogP contribution is -2.44. The average Bonchev–Trinajstić information content (AvgIpc) is 2.56. The van der Waals surface area contributed by atoms with Crippen LogP contribution in [-0.2, 0) is 0 Å². The molecule has 0 aromatic carbocycles. The Balaban J connectivity index is 1.86. The normalized spacial score (nSPS) is 44.0. The van der Waals surface area contributed by atoms with Gasteiger partial charge in [-0.1, -0.05) is 31.2 Å². The van der Waals surface area contributed by atoms with E-state index in [0.29, 0.717) is 17.8 Å². The van der Waals surface area contributed by atoms with E-state index in [4.69, 9.17) is 0 Å². The maximum atomic E-state index is 9.89. The van der Waals surface area contributed by atoms with Crippen LogP contribution in [0.2, 0.25) is 0 Å². The van der Waals surface area contributed by atoms with Gasteiger partial charge in [0.25, 0.3) is 0 Å². The van der Waals surface area contributed by atoms with Crippen LogP contribution in [0.15, 0.2) is 24.3 Å². The molecule has 0 aromatic rings. The molecule has 1 saturated carbocycles. The lowest BCUT2D eigenvalue weighted by Gasteiger charge is -2.51. The number of rotatable bonds is 3. The highest BCUT2D eigenvalue weighted by molar-refractivity contribution is 5.13. The molecule has 4 unspecified atom stereocenters. The first-order valence-corrected chi connectivity index (χ1v) is 9.41. The van der Waals surface area contributed by atoms with Crippen molar-refractivity contribution in [2.24, 2.45) is 23.2 Å². The van der Waals surface area contributed by atoms with E-state index in [2.05, 4.69) is 19.1 Å². The molecule has 3 heteroatoms. The number of hydrogen-bond donors (Lipinski definition) is 3. The second-order valence-corrected chi connectivity index (χ2v) is 8.14. The lowest BCUT2D eigenvalue weighted by atomic mass is 9.54. The fraction of sp³-hybridized carbons (Fsp3) is 0.800. The summed E-state index contributed by atoms with van der Waals surface area (Å²) >= 11 is 0. The van der Waals surface area contributed by atoms with Crippen molar-refractivity contribution in [3.05, 3.63) is 24.3 Å². The molecule has 0 aromatic heterocycles. The van der Waals surface area contributed by atoms with Crippen molar-refractivity contribution in [2.75, 3.05) is 0 Å². The van der Waals surface area contributed by atoms with Crippen molar-refractivity contribution in [3.8, 4) is 0 Å². The highest BCUT2D eigenvalue weighted by atomic mass is 16.3. The average molecular weight is 320 g/mol. The van der Waals surface area contributed by atoms with Crippen LogP contribution in [0.5, 0.6) is 0 Å². The smallest absolute Gasteiger partial charge is 0.0721 e. The standard InChI is InChI=1S/C20H32O3/c1-20(14-2-8-17(21)9-3-14,15-4-10-18(22)11-5-15)16-6-12-19(23)13-7-16/h2,4,8,10,14-19,21-23H,3,5-7,9,11-13H2,1H3. The van der Waals surface area contributed by atoms with Crippen LogP contribution in [0.4, 0.5) is 0 Å². The third kappa shape index (κ3) is 3.57. The molecular formula is C20H32O3. The maximum Gasteiger partial charge on any atom is 0.0721 e. The summed E-state index contributed by atoms with van der Waals surface area (Å²) in [5, 5.41) is 29.5. The first-order valence-electron chi connectivity index (χ1n) is 9.41. The molecule has 0 aliphatic heterocycles. The topological polar surface area (TPSA) is 60.7 Å². The summed E-state index contributed by atoms with van der Waals surface area (Å²) in [7, 11) is 0. The summed E-state index contributed by atoms with van der Waals surface area (Å²) in [6, 6.07) is 0. The Labute approximate surface area is 140 Å². The summed E-state index contributed by atoms with van der Waals surface area (Å²) < 4.78 is 0. The van der Waals surface area contributed by atoms with Gasteiger partial charge in [-0.15, -0.1) is 0 Å². The molecule has 3 rings (SSSR count). The van der Waals surface area contributed by atoms with Gasteiger partial charge < -0.3 is 15.3 Å². The van der Waals surface area contributed by atoms with Crippen LogP contribution >= 0.6 is 0 Å². The summed E-state index contributed by atoms with van der Waals surface area (Å²) in [5.41, 5.74) is 0.160. The van der Waals surface area contributed by atoms with Gasteiger partial charge in [-0.2, -0.15) is 0 Å². The molecule has 3 nitrogen and oxygen atoms in total. The second kappa shape index (κ2) is 7.08. The van der Waals surface area contributed by atoms with Gasteiger partial charge in [0.05, 0.1) is 18.3 Å². The summed E-state index contributed by atoms with van der Waals surface area (Å²) in [4.78, 5) is 0. The van der Waals surface area contributed by atoms with Crippen molar-refractivity contribution in [3.63, 3.8) is 0 Å². The van der Waals surface area contributed by atoms with Crippen LogP contribution in [0.1, 0.15) is 58.3 Å². The zero-order chi connectivity index (χ0) is 16.4. The van der Waals surface area contributed by atoms with Crippen molar-refractivity contribution in [1.29, 1.82) is 0 Å². The van der Waals surface area contributed by atoms with Crippen LogP contribution in [0.3, 0.4) is 0 Å². The molecular weight excluding hydrogens is 288 g/mol. The minimum atomic E-state index is -0.285. The van der Waals surface area contributed by atoms with E-state index in [1.54, 1.807) is 0 Å². The quantitative estimate of drug-likeness (QED) is 0.700. The molecule has 3 aliphatic carbocycles. The monoisotopic (exact) mass is 320 g/mol. The van der Waals surface area contributed by atoms with Gasteiger partial charge in [0.1, 0.15) is 0 Å². The Kier molecular flexibility index (Phi) is 5.29. The maximum absolute atomic E-state index is 9.89. The van der Waals surface area contributed by atoms with E-state index in [1.165, 1.54) is 0 Å². The van der Waals surface area contributed by atoms with Gasteiger partial charge in [0.2, 0.25) is 0 Å². The molecule has 0 bridgehead atoms. The number of aliphatic hydroxyl groups is 3. The minimum absolute atomic E-state index is 0.122. The van der Waals surface area contributed by atoms with Gasteiger partial charge in [0.15, 0.2) is 0 Å². The predicted octanol–water partition coefficient (Wildman–Crippen LogP) is 3.20. The third-order valence-corrected chi connectivity index (χ3v) is 6.85. The van der Waals surface area contributed by atoms with E-state index < -0.39 is 0 Å². The van der Waals surface area contributed by atoms with Crippen molar-refractivity contribution in [2.45, 2.75) is 76.6 Å². The van der Waals surface area contributed by atoms with Gasteiger partial charge >= 0.3 is 0 Å². The van der Waals surface area contributed by atoms with Crippen LogP contribution < -0.4 is 0 Å². The molecule has 0 spiro atoms. The molecule has 0 heterocycles. The van der Waals surface area contributed by atoms with Gasteiger partial charge in [-0.05, 0) is 74.5 Å². The van der Waals surface area contributed by atoms with Crippen molar-refractivity contribution >= 4 is 0 Å². The Morgan fingerprint density at radius 2 is 1.13 bits per heavy atom. The Bertz CT molecular complexity index is 420. The van der Waals surface area contributed by atoms with Crippen LogP contribution in [-0.4, -0.2) is 33.6 Å². The fourth-order valence-corrected chi connectivity index (χ4v) is 5.23. The minimum Gasteiger partial charge on any atom is -0.393 e. The summed E-state index contributed by atoms with van der Waals surface area (Å²) in [5.74, 6) is 1.58. The molecule has 3 aliphatic rings. The van der Waals surface area contributed by atoms with Gasteiger partial charge in [-0.3, -0.25) is 0 Å². The summed E-state index contributed by atoms with van der Waals surface area (Å²) in [6.07, 6.45) is 15.6. The Morgan fingerprint density at radius 3 is 1.52 bits per heavy atom. The predicted molar refractivity (Wildman–Crippen MR) is 91.8 cm³/mol. The van der Waals surface area contributed by atoms with E-state index in [1.807, 2.05) is 12.2 Å². The lowest BCUT2D eigenvalue weighted by molar-refractivity contribution is -0.00897. The first-order chi connectivity index (χ1) is 11.0. The molecule has 3 N–H and O–H groups in total. The molecule has 130 valence electrons. The molecule has 0 radical (unpaired) electrons. The Hall–Kier alpha value is -0.640. The zero-order valence-corrected chi connectivity index (χ0v) is 14.3. The van der Waals surface area contributed by atoms with E-state index in [0.717, 1.165) is 51.4 Å². The van der Waals surface area contributed by atoms with E-state index in [-0.39, 0.29) is 23.7 Å². The van der Waals surface area contributed by atoms with Crippen LogP contribution in [0, 0.1) is 23.2 Å². The molecule has 0 saturated heterocycles. The van der Waals surface area contributed by atoms with E-state index >= 15 is 0 Å². The third-order valence-electron chi connectivity index (χ3n) is 6.85. The summed E-state index contributed by atoms with van der Waals surface area (Å²) in [6.45, 7) is 2.43. The van der Waals surface area contributed by atoms with E-state index in [9.17, 15) is 15.3 Å². The SMILES string of the molecule is CC(C1C=CC(O)CC1)(C1C=CC(O)CC1)C1CCC(O)CC1. The largest absolute Gasteiger partial charge is 0.393 e. The zero-order valence-electron chi connectivity index (χ0n) is 14.3. The number of aliphatic hydroxyl groups excluding tert-OH is 3. The molecule has 1 fully saturated rings. The van der Waals surface area contributed by atoms with Crippen molar-refractivity contribution in [1.82, 2.24) is 0 Å². The molecule has 23 heavy (non-hydrogen) atoms.